The number of esters is 1. The first-order valence-electron chi connectivity index (χ1n) is 7.96. The Labute approximate surface area is 152 Å². The number of aryl methyl sites for hydroxylation is 1. The van der Waals surface area contributed by atoms with Crippen LogP contribution in [0.2, 0.25) is 0 Å². The van der Waals surface area contributed by atoms with E-state index in [0.29, 0.717) is 5.75 Å². The zero-order valence-electron chi connectivity index (χ0n) is 14.0. The van der Waals surface area contributed by atoms with E-state index in [-0.39, 0.29) is 5.97 Å². The van der Waals surface area contributed by atoms with Crippen molar-refractivity contribution in [2.45, 2.75) is 16.7 Å². The molecule has 3 rings (SSSR count). The molecule has 0 aromatic heterocycles. The molecule has 0 aliphatic rings. The van der Waals surface area contributed by atoms with Gasteiger partial charge in [-0.2, -0.15) is 0 Å². The number of hydrogen-bond acceptors (Lipinski definition) is 2. The fourth-order valence-corrected chi connectivity index (χ4v) is 3.48. The summed E-state index contributed by atoms with van der Waals surface area (Å²) >= 11 is 1.71. The number of benzene rings is 3. The van der Waals surface area contributed by atoms with Gasteiger partial charge in [0.2, 0.25) is 5.75 Å². The second-order valence-corrected chi connectivity index (χ2v) is 6.64. The van der Waals surface area contributed by atoms with Crippen molar-refractivity contribution in [3.05, 3.63) is 91.0 Å². The van der Waals surface area contributed by atoms with E-state index in [2.05, 4.69) is 62.0 Å². The lowest BCUT2D eigenvalue weighted by Crippen LogP contribution is -2.03. The Hall–Kier alpha value is -2.78. The fourth-order valence-electron chi connectivity index (χ4n) is 2.52. The summed E-state index contributed by atoms with van der Waals surface area (Å²) in [7, 11) is 0. The van der Waals surface area contributed by atoms with Crippen LogP contribution in [0.25, 0.3) is 11.1 Å². The van der Waals surface area contributed by atoms with E-state index < -0.39 is 0 Å². The fraction of sp³-hybridized carbons (Fsp3) is 0.0455. The molecule has 3 heteroatoms. The topological polar surface area (TPSA) is 30.6 Å². The molecule has 0 saturated carbocycles. The molecule has 124 valence electrons. The van der Waals surface area contributed by atoms with Crippen LogP contribution in [-0.4, -0.2) is 10.8 Å². The molecule has 0 atom stereocenters. The summed E-state index contributed by atoms with van der Waals surface area (Å²) in [4.78, 5) is 11.7. The second-order valence-electron chi connectivity index (χ2n) is 5.53. The SMILES string of the molecule is C=CC(=[OH+])Oc1ccc(Sc2ccccc2-c2ccccc2C)cc1. The molecular formula is C22H19O2S+. The molecule has 1 N–H and O–H groups in total. The Morgan fingerprint density at radius 2 is 1.56 bits per heavy atom. The van der Waals surface area contributed by atoms with Crippen LogP contribution < -0.4 is 4.74 Å². The normalized spacial score (nSPS) is 10.3. The molecule has 0 heterocycles. The maximum Gasteiger partial charge on any atom is 0.515 e. The van der Waals surface area contributed by atoms with Crippen molar-refractivity contribution < 1.29 is 9.53 Å². The van der Waals surface area contributed by atoms with Crippen molar-refractivity contribution in [3.8, 4) is 16.9 Å². The van der Waals surface area contributed by atoms with Crippen molar-refractivity contribution >= 4 is 17.7 Å². The first-order chi connectivity index (χ1) is 12.2. The van der Waals surface area contributed by atoms with Crippen LogP contribution in [-0.2, 0) is 0 Å². The van der Waals surface area contributed by atoms with Crippen LogP contribution in [0.4, 0.5) is 0 Å². The van der Waals surface area contributed by atoms with Gasteiger partial charge in [-0.05, 0) is 41.8 Å². The van der Waals surface area contributed by atoms with Gasteiger partial charge in [0, 0.05) is 21.9 Å². The molecule has 0 unspecified atom stereocenters. The maximum atomic E-state index is 9.38. The quantitative estimate of drug-likeness (QED) is 0.250. The lowest BCUT2D eigenvalue weighted by Gasteiger charge is -2.11. The average molecular weight is 347 g/mol. The number of hydrogen-bond donors (Lipinski definition) is 0. The van der Waals surface area contributed by atoms with Gasteiger partial charge in [0.15, 0.2) is 0 Å². The first kappa shape index (κ1) is 17.1. The molecular weight excluding hydrogens is 328 g/mol. The molecule has 0 bridgehead atoms. The summed E-state index contributed by atoms with van der Waals surface area (Å²) in [5.41, 5.74) is 3.73. The van der Waals surface area contributed by atoms with Gasteiger partial charge in [-0.15, -0.1) is 0 Å². The lowest BCUT2D eigenvalue weighted by atomic mass is 10.0. The average Bonchev–Trinajstić information content (AvgIpc) is 2.64. The van der Waals surface area contributed by atoms with Crippen LogP contribution in [0.3, 0.4) is 0 Å². The third-order valence-electron chi connectivity index (χ3n) is 3.77. The zero-order chi connectivity index (χ0) is 17.6. The van der Waals surface area contributed by atoms with Crippen LogP contribution in [0, 0.1) is 6.92 Å². The van der Waals surface area contributed by atoms with E-state index >= 15 is 0 Å². The highest BCUT2D eigenvalue weighted by Crippen LogP contribution is 2.37. The van der Waals surface area contributed by atoms with Crippen LogP contribution in [0.15, 0.2) is 95.2 Å². The standard InChI is InChI=1S/C22H18O2S/c1-3-22(23)24-17-12-14-18(15-13-17)25-21-11-7-6-10-20(21)19-9-5-4-8-16(19)2/h3-15H,1H2,2H3/p+1. The van der Waals surface area contributed by atoms with E-state index in [1.54, 1.807) is 11.8 Å². The van der Waals surface area contributed by atoms with Gasteiger partial charge in [0.1, 0.15) is 0 Å². The smallest absolute Gasteiger partial charge is 0.335 e. The largest absolute Gasteiger partial charge is 0.515 e. The number of ether oxygens (including phenoxy) is 1. The minimum atomic E-state index is -0.203. The van der Waals surface area contributed by atoms with Gasteiger partial charge in [0.25, 0.3) is 0 Å². The Morgan fingerprint density at radius 1 is 0.920 bits per heavy atom. The summed E-state index contributed by atoms with van der Waals surface area (Å²) in [6.07, 6.45) is 1.26. The van der Waals surface area contributed by atoms with E-state index in [9.17, 15) is 4.79 Å². The molecule has 3 aromatic rings. The van der Waals surface area contributed by atoms with Crippen molar-refractivity contribution in [2.24, 2.45) is 0 Å². The predicted molar refractivity (Wildman–Crippen MR) is 105 cm³/mol. The molecule has 0 saturated heterocycles. The van der Waals surface area contributed by atoms with Crippen LogP contribution in [0.1, 0.15) is 5.56 Å². The zero-order valence-corrected chi connectivity index (χ0v) is 14.8. The van der Waals surface area contributed by atoms with E-state index in [1.165, 1.54) is 27.7 Å². The number of rotatable bonds is 5. The van der Waals surface area contributed by atoms with E-state index in [0.717, 1.165) is 4.90 Å². The monoisotopic (exact) mass is 347 g/mol. The predicted octanol–water partition coefficient (Wildman–Crippen LogP) is 5.88. The van der Waals surface area contributed by atoms with Gasteiger partial charge >= 0.3 is 5.97 Å². The summed E-state index contributed by atoms with van der Waals surface area (Å²) in [5, 5.41) is 0. The van der Waals surface area contributed by atoms with Crippen molar-refractivity contribution in [2.75, 3.05) is 0 Å². The molecule has 0 spiro atoms. The molecule has 0 aliphatic heterocycles. The minimum absolute atomic E-state index is 0.203. The Balaban J connectivity index is 1.86. The summed E-state index contributed by atoms with van der Waals surface area (Å²) < 4.78 is 5.22. The van der Waals surface area contributed by atoms with E-state index in [4.69, 9.17) is 4.74 Å². The van der Waals surface area contributed by atoms with Crippen molar-refractivity contribution in [1.82, 2.24) is 0 Å². The Kier molecular flexibility index (Phi) is 5.36. The van der Waals surface area contributed by atoms with Gasteiger partial charge in [-0.1, -0.05) is 60.8 Å². The van der Waals surface area contributed by atoms with Crippen molar-refractivity contribution in [1.29, 1.82) is 0 Å². The summed E-state index contributed by atoms with van der Waals surface area (Å²) in [6, 6.07) is 24.4. The molecule has 3 aromatic carbocycles. The molecule has 2 nitrogen and oxygen atoms in total. The summed E-state index contributed by atoms with van der Waals surface area (Å²) in [5.74, 6) is 0.374. The number of carbonyl (C=O) groups excluding carboxylic acids is 1. The molecule has 0 amide bonds. The van der Waals surface area contributed by atoms with Gasteiger partial charge in [0.05, 0.1) is 6.08 Å². The van der Waals surface area contributed by atoms with Gasteiger partial charge in [-0.25, -0.2) is 0 Å². The molecule has 25 heavy (non-hydrogen) atoms. The molecule has 0 fully saturated rings. The second kappa shape index (κ2) is 7.86. The minimum Gasteiger partial charge on any atom is -0.335 e. The maximum absolute atomic E-state index is 9.38. The molecule has 0 aliphatic carbocycles. The van der Waals surface area contributed by atoms with Crippen molar-refractivity contribution in [3.63, 3.8) is 0 Å². The highest BCUT2D eigenvalue weighted by molar-refractivity contribution is 7.99. The van der Waals surface area contributed by atoms with Crippen LogP contribution >= 0.6 is 11.8 Å². The van der Waals surface area contributed by atoms with E-state index in [1.807, 2.05) is 24.3 Å². The third-order valence-corrected chi connectivity index (χ3v) is 4.85. The molecule has 0 radical (unpaired) electrons. The Bertz CT molecular complexity index is 898. The Morgan fingerprint density at radius 3 is 2.24 bits per heavy atom. The highest BCUT2D eigenvalue weighted by Gasteiger charge is 2.11. The summed E-state index contributed by atoms with van der Waals surface area (Å²) in [6.45, 7) is 5.59. The van der Waals surface area contributed by atoms with Gasteiger partial charge in [-0.3, -0.25) is 4.74 Å². The van der Waals surface area contributed by atoms with Crippen LogP contribution in [0.5, 0.6) is 5.75 Å². The van der Waals surface area contributed by atoms with Gasteiger partial charge < -0.3 is 4.79 Å². The third kappa shape index (κ3) is 4.20. The highest BCUT2D eigenvalue weighted by atomic mass is 32.2. The first-order valence-corrected chi connectivity index (χ1v) is 8.78. The lowest BCUT2D eigenvalue weighted by molar-refractivity contribution is 0.473.